The van der Waals surface area contributed by atoms with E-state index in [2.05, 4.69) is 75.2 Å². The molecule has 2 aromatic rings. The Morgan fingerprint density at radius 3 is 2.50 bits per heavy atom. The molecule has 6 unspecified atom stereocenters. The number of hydrogen-bond acceptors (Lipinski definition) is 3. The second-order valence-electron chi connectivity index (χ2n) is 14.9. The Morgan fingerprint density at radius 2 is 1.70 bits per heavy atom. The van der Waals surface area contributed by atoms with Gasteiger partial charge in [0.15, 0.2) is 5.79 Å². The highest BCUT2D eigenvalue weighted by molar-refractivity contribution is 5.69. The van der Waals surface area contributed by atoms with Gasteiger partial charge in [0.2, 0.25) is 0 Å². The summed E-state index contributed by atoms with van der Waals surface area (Å²) in [6, 6.07) is 13.6. The average molecular weight is 538 g/mol. The summed E-state index contributed by atoms with van der Waals surface area (Å²) >= 11 is 0. The number of fused-ring (bicyclic) bond motifs is 4. The number of pyridine rings is 1. The van der Waals surface area contributed by atoms with E-state index in [4.69, 9.17) is 9.47 Å². The highest BCUT2D eigenvalue weighted by atomic mass is 16.7. The SMILES string of the molecule is CC1CCC2C3CCC4CC5(CCC4=C3C(c3cccc(/C=C/c4cccnc4)c3)CC12C)OCC(C)(C)CO5. The summed E-state index contributed by atoms with van der Waals surface area (Å²) in [4.78, 5) is 4.28. The van der Waals surface area contributed by atoms with Gasteiger partial charge in [0.25, 0.3) is 0 Å². The van der Waals surface area contributed by atoms with Gasteiger partial charge in [0, 0.05) is 36.6 Å². The normalized spacial score (nSPS) is 36.4. The molecule has 40 heavy (non-hydrogen) atoms. The molecule has 2 heterocycles. The number of hydrogen-bond donors (Lipinski definition) is 0. The van der Waals surface area contributed by atoms with Crippen LogP contribution in [-0.2, 0) is 9.47 Å². The lowest BCUT2D eigenvalue weighted by Gasteiger charge is -2.55. The minimum absolute atomic E-state index is 0.121. The van der Waals surface area contributed by atoms with Gasteiger partial charge in [-0.25, -0.2) is 0 Å². The molecule has 1 saturated heterocycles. The molecule has 1 aliphatic heterocycles. The molecule has 0 radical (unpaired) electrons. The van der Waals surface area contributed by atoms with Crippen LogP contribution in [0.5, 0.6) is 0 Å². The van der Waals surface area contributed by atoms with Crippen LogP contribution in [0.4, 0.5) is 0 Å². The third-order valence-electron chi connectivity index (χ3n) is 11.7. The highest BCUT2D eigenvalue weighted by Gasteiger charge is 2.57. The Morgan fingerprint density at radius 1 is 0.900 bits per heavy atom. The summed E-state index contributed by atoms with van der Waals surface area (Å²) < 4.78 is 13.1. The Labute approximate surface area is 241 Å². The second-order valence-corrected chi connectivity index (χ2v) is 14.9. The summed E-state index contributed by atoms with van der Waals surface area (Å²) in [7, 11) is 0. The smallest absolute Gasteiger partial charge is 0.169 e. The second kappa shape index (κ2) is 9.95. The Balaban J connectivity index is 1.24. The lowest BCUT2D eigenvalue weighted by molar-refractivity contribution is -0.312. The zero-order valence-electron chi connectivity index (χ0n) is 25.0. The zero-order valence-corrected chi connectivity index (χ0v) is 25.0. The van der Waals surface area contributed by atoms with Gasteiger partial charge >= 0.3 is 0 Å². The maximum absolute atomic E-state index is 6.54. The maximum Gasteiger partial charge on any atom is 0.169 e. The monoisotopic (exact) mass is 537 g/mol. The van der Waals surface area contributed by atoms with Crippen molar-refractivity contribution in [1.82, 2.24) is 4.98 Å². The van der Waals surface area contributed by atoms with Gasteiger partial charge in [0.05, 0.1) is 13.2 Å². The Bertz CT molecular complexity index is 1300. The van der Waals surface area contributed by atoms with Crippen molar-refractivity contribution < 1.29 is 9.47 Å². The van der Waals surface area contributed by atoms with Gasteiger partial charge < -0.3 is 9.47 Å². The molecule has 5 aliphatic rings. The molecule has 6 atom stereocenters. The van der Waals surface area contributed by atoms with Crippen LogP contribution in [0, 0.1) is 34.5 Å². The van der Waals surface area contributed by atoms with Gasteiger partial charge in [-0.2, -0.15) is 0 Å². The third kappa shape index (κ3) is 4.62. The fourth-order valence-corrected chi connectivity index (χ4v) is 9.32. The lowest BCUT2D eigenvalue weighted by Crippen LogP contribution is -2.51. The predicted octanol–water partition coefficient (Wildman–Crippen LogP) is 9.07. The first-order valence-corrected chi connectivity index (χ1v) is 15.9. The number of ether oxygens (including phenoxy) is 2. The molecule has 212 valence electrons. The summed E-state index contributed by atoms with van der Waals surface area (Å²) in [6.07, 6.45) is 18.2. The maximum atomic E-state index is 6.54. The standard InChI is InChI=1S/C37H47NO2/c1-25-10-15-33-31-14-13-29-20-37(39-23-35(2,3)24-40-37)17-16-30(29)34(31)32(21-36(25,33)4)28-9-5-7-26(19-28)11-12-27-8-6-18-38-22-27/h5-9,11-12,18-19,22,25,29,31-33H,10,13-17,20-21,23-24H2,1-4H3/b12-11+. The molecule has 0 bridgehead atoms. The van der Waals surface area contributed by atoms with Gasteiger partial charge in [0.1, 0.15) is 0 Å². The number of allylic oxidation sites excluding steroid dienone is 2. The average Bonchev–Trinajstić information content (AvgIpc) is 3.27. The molecule has 0 amide bonds. The lowest BCUT2D eigenvalue weighted by atomic mass is 9.51. The van der Waals surface area contributed by atoms with Crippen molar-refractivity contribution in [2.45, 2.75) is 90.8 Å². The zero-order chi connectivity index (χ0) is 27.5. The van der Waals surface area contributed by atoms with Crippen molar-refractivity contribution >= 4 is 12.2 Å². The van der Waals surface area contributed by atoms with Crippen molar-refractivity contribution in [3.8, 4) is 0 Å². The van der Waals surface area contributed by atoms with Gasteiger partial charge in [-0.15, -0.1) is 0 Å². The summed E-state index contributed by atoms with van der Waals surface area (Å²) in [6.45, 7) is 11.3. The minimum Gasteiger partial charge on any atom is -0.349 e. The quantitative estimate of drug-likeness (QED) is 0.366. The third-order valence-corrected chi connectivity index (χ3v) is 11.7. The van der Waals surface area contributed by atoms with Crippen molar-refractivity contribution in [3.63, 3.8) is 0 Å². The summed E-state index contributed by atoms with van der Waals surface area (Å²) in [5.74, 6) is 3.18. The van der Waals surface area contributed by atoms with Gasteiger partial charge in [-0.3, -0.25) is 4.98 Å². The molecule has 3 saturated carbocycles. The van der Waals surface area contributed by atoms with E-state index < -0.39 is 0 Å². The molecule has 4 fully saturated rings. The fourth-order valence-electron chi connectivity index (χ4n) is 9.32. The van der Waals surface area contributed by atoms with Crippen LogP contribution in [-0.4, -0.2) is 24.0 Å². The Hall–Kier alpha value is -2.23. The van der Waals surface area contributed by atoms with Crippen molar-refractivity contribution in [2.75, 3.05) is 13.2 Å². The molecule has 3 heteroatoms. The first-order chi connectivity index (χ1) is 19.3. The van der Waals surface area contributed by atoms with E-state index in [0.717, 1.165) is 55.8 Å². The van der Waals surface area contributed by atoms with Crippen molar-refractivity contribution in [2.24, 2.45) is 34.5 Å². The summed E-state index contributed by atoms with van der Waals surface area (Å²) in [5, 5.41) is 0. The van der Waals surface area contributed by atoms with Crippen LogP contribution >= 0.6 is 0 Å². The molecule has 1 aromatic heterocycles. The summed E-state index contributed by atoms with van der Waals surface area (Å²) in [5.41, 5.74) is 8.15. The van der Waals surface area contributed by atoms with Gasteiger partial charge in [-0.1, -0.05) is 81.3 Å². The number of aromatic nitrogens is 1. The van der Waals surface area contributed by atoms with Crippen LogP contribution in [0.3, 0.4) is 0 Å². The number of nitrogens with zero attached hydrogens (tertiary/aromatic N) is 1. The number of rotatable bonds is 3. The van der Waals surface area contributed by atoms with Crippen LogP contribution in [0.15, 0.2) is 59.9 Å². The first kappa shape index (κ1) is 26.7. The highest BCUT2D eigenvalue weighted by Crippen LogP contribution is 2.66. The molecular formula is C37H47NO2. The van der Waals surface area contributed by atoms with E-state index in [1.165, 1.54) is 43.2 Å². The Kier molecular flexibility index (Phi) is 6.63. The number of benzene rings is 1. The van der Waals surface area contributed by atoms with E-state index in [0.29, 0.717) is 17.3 Å². The topological polar surface area (TPSA) is 31.4 Å². The largest absolute Gasteiger partial charge is 0.349 e. The van der Waals surface area contributed by atoms with Crippen LogP contribution in [0.2, 0.25) is 0 Å². The van der Waals surface area contributed by atoms with E-state index in [9.17, 15) is 0 Å². The molecule has 7 rings (SSSR count). The predicted molar refractivity (Wildman–Crippen MR) is 162 cm³/mol. The van der Waals surface area contributed by atoms with E-state index in [-0.39, 0.29) is 11.2 Å². The van der Waals surface area contributed by atoms with Crippen LogP contribution < -0.4 is 0 Å². The minimum atomic E-state index is -0.353. The molecule has 3 nitrogen and oxygen atoms in total. The van der Waals surface area contributed by atoms with Gasteiger partial charge in [-0.05, 0) is 90.4 Å². The van der Waals surface area contributed by atoms with Crippen LogP contribution in [0.25, 0.3) is 12.2 Å². The molecule has 1 aromatic carbocycles. The van der Waals surface area contributed by atoms with E-state index in [1.54, 1.807) is 5.57 Å². The fraction of sp³-hybridized carbons (Fsp3) is 0.595. The van der Waals surface area contributed by atoms with Crippen molar-refractivity contribution in [3.05, 3.63) is 76.6 Å². The van der Waals surface area contributed by atoms with Crippen molar-refractivity contribution in [1.29, 1.82) is 0 Å². The molecular weight excluding hydrogens is 490 g/mol. The first-order valence-electron chi connectivity index (χ1n) is 15.9. The van der Waals surface area contributed by atoms with E-state index >= 15 is 0 Å². The van der Waals surface area contributed by atoms with E-state index in [1.807, 2.05) is 24.0 Å². The van der Waals surface area contributed by atoms with Crippen LogP contribution in [0.1, 0.15) is 102 Å². The molecule has 1 spiro atoms. The molecule has 4 aliphatic carbocycles. The molecule has 0 N–H and O–H groups in total.